The maximum Gasteiger partial charge on any atom is 0.342 e. The maximum absolute atomic E-state index is 13.6. The van der Waals surface area contributed by atoms with Gasteiger partial charge in [-0.25, -0.2) is 9.69 Å². The molecule has 0 radical (unpaired) electrons. The molecule has 2 aromatic rings. The summed E-state index contributed by atoms with van der Waals surface area (Å²) in [5.41, 5.74) is -1.28. The first-order chi connectivity index (χ1) is 17.3. The van der Waals surface area contributed by atoms with Crippen LogP contribution >= 0.6 is 0 Å². The molecule has 0 spiro atoms. The van der Waals surface area contributed by atoms with Crippen molar-refractivity contribution < 1.29 is 33.5 Å². The van der Waals surface area contributed by atoms with Crippen molar-refractivity contribution in [3.05, 3.63) is 70.8 Å². The minimum atomic E-state index is -2.34. The third-order valence-corrected chi connectivity index (χ3v) is 6.68. The molecule has 2 heterocycles. The van der Waals surface area contributed by atoms with Crippen LogP contribution in [0.3, 0.4) is 0 Å². The zero-order valence-electron chi connectivity index (χ0n) is 19.2. The average molecular weight is 489 g/mol. The van der Waals surface area contributed by atoms with Crippen LogP contribution in [0.4, 0.5) is 0 Å². The van der Waals surface area contributed by atoms with E-state index in [1.165, 1.54) is 6.07 Å². The number of hydrogen-bond donors (Lipinski definition) is 2. The van der Waals surface area contributed by atoms with E-state index in [2.05, 4.69) is 10.6 Å². The topological polar surface area (TPSA) is 139 Å². The van der Waals surface area contributed by atoms with Gasteiger partial charge in [0.1, 0.15) is 6.61 Å². The van der Waals surface area contributed by atoms with Gasteiger partial charge in [0.25, 0.3) is 17.7 Å². The molecule has 1 saturated heterocycles. The number of benzene rings is 2. The summed E-state index contributed by atoms with van der Waals surface area (Å²) in [5.74, 6) is -4.68. The summed E-state index contributed by atoms with van der Waals surface area (Å²) in [5, 5.41) is 4.86. The molecule has 1 saturated carbocycles. The Kier molecular flexibility index (Phi) is 5.87. The highest BCUT2D eigenvalue weighted by Crippen LogP contribution is 2.37. The molecule has 10 heteroatoms. The van der Waals surface area contributed by atoms with E-state index in [0.717, 1.165) is 12.8 Å². The van der Waals surface area contributed by atoms with Gasteiger partial charge in [0, 0.05) is 18.9 Å². The molecule has 5 amide bonds. The second-order valence-electron chi connectivity index (χ2n) is 9.08. The number of rotatable bonds is 7. The Balaban J connectivity index is 1.47. The number of nitrogens with one attached hydrogen (secondary N) is 2. The molecule has 2 N–H and O–H groups in total. The summed E-state index contributed by atoms with van der Waals surface area (Å²) < 4.78 is 5.41. The van der Waals surface area contributed by atoms with Crippen LogP contribution in [0.1, 0.15) is 57.5 Å². The predicted octanol–water partition coefficient (Wildman–Crippen LogP) is 1.23. The standard InChI is InChI=1S/C26H23N3O7/c30-19-11-12-26(24(34)28-19,25(35)36-14-15-5-2-1-3-6-15)29-22(32)18-8-4-7-17(20(18)23(29)33)13-27-21(31)16-9-10-16/h1-8,16H,9-14H2,(H,27,31)(H,28,30,34)/t26-/m0/s1. The van der Waals surface area contributed by atoms with Gasteiger partial charge < -0.3 is 10.1 Å². The van der Waals surface area contributed by atoms with Gasteiger partial charge >= 0.3 is 5.97 Å². The average Bonchev–Trinajstić information content (AvgIpc) is 3.69. The van der Waals surface area contributed by atoms with Gasteiger partial charge in [-0.05, 0) is 36.5 Å². The van der Waals surface area contributed by atoms with Crippen LogP contribution in [0.5, 0.6) is 0 Å². The van der Waals surface area contributed by atoms with Crippen LogP contribution in [-0.2, 0) is 37.1 Å². The number of esters is 1. The second-order valence-corrected chi connectivity index (χ2v) is 9.08. The number of hydrogen-bond acceptors (Lipinski definition) is 7. The predicted molar refractivity (Wildman–Crippen MR) is 123 cm³/mol. The Morgan fingerprint density at radius 2 is 1.75 bits per heavy atom. The fourth-order valence-corrected chi connectivity index (χ4v) is 4.56. The third kappa shape index (κ3) is 3.94. The van der Waals surface area contributed by atoms with Crippen LogP contribution in [0.2, 0.25) is 0 Å². The first-order valence-corrected chi connectivity index (χ1v) is 11.7. The van der Waals surface area contributed by atoms with Crippen LogP contribution in [0, 0.1) is 5.92 Å². The lowest BCUT2D eigenvalue weighted by atomic mass is 9.86. The van der Waals surface area contributed by atoms with E-state index in [0.29, 0.717) is 16.0 Å². The molecule has 0 bridgehead atoms. The van der Waals surface area contributed by atoms with Gasteiger partial charge in [-0.3, -0.25) is 29.3 Å². The molecule has 36 heavy (non-hydrogen) atoms. The van der Waals surface area contributed by atoms with E-state index in [4.69, 9.17) is 4.74 Å². The summed E-state index contributed by atoms with van der Waals surface area (Å²) in [4.78, 5) is 78.3. The number of imide groups is 2. The lowest BCUT2D eigenvalue weighted by Gasteiger charge is -2.38. The van der Waals surface area contributed by atoms with E-state index in [9.17, 15) is 28.8 Å². The molecule has 1 aliphatic carbocycles. The molecular formula is C26H23N3O7. The number of piperidine rings is 1. The highest BCUT2D eigenvalue weighted by molar-refractivity contribution is 6.28. The number of carbonyl (C=O) groups is 6. The van der Waals surface area contributed by atoms with Crippen LogP contribution in [0.15, 0.2) is 48.5 Å². The number of ether oxygens (including phenoxy) is 1. The summed E-state index contributed by atoms with van der Waals surface area (Å²) in [6, 6.07) is 13.3. The highest BCUT2D eigenvalue weighted by atomic mass is 16.5. The lowest BCUT2D eigenvalue weighted by Crippen LogP contribution is -2.68. The molecule has 2 aliphatic heterocycles. The Labute approximate surface area is 206 Å². The molecule has 0 unspecified atom stereocenters. The van der Waals surface area contributed by atoms with Crippen molar-refractivity contribution in [1.29, 1.82) is 0 Å². The molecule has 5 rings (SSSR count). The fraction of sp³-hybridized carbons (Fsp3) is 0.308. The molecule has 1 atom stereocenters. The van der Waals surface area contributed by atoms with E-state index in [-0.39, 0.29) is 42.5 Å². The number of amides is 5. The lowest BCUT2D eigenvalue weighted by molar-refractivity contribution is -0.165. The molecule has 184 valence electrons. The largest absolute Gasteiger partial charge is 0.459 e. The van der Waals surface area contributed by atoms with Crippen LogP contribution < -0.4 is 10.6 Å². The molecule has 0 aromatic heterocycles. The zero-order chi connectivity index (χ0) is 25.4. The maximum atomic E-state index is 13.6. The van der Waals surface area contributed by atoms with Crippen molar-refractivity contribution in [3.8, 4) is 0 Å². The summed E-state index contributed by atoms with van der Waals surface area (Å²) in [6.45, 7) is -0.175. The van der Waals surface area contributed by atoms with Gasteiger partial charge in [-0.15, -0.1) is 0 Å². The summed E-state index contributed by atoms with van der Waals surface area (Å²) >= 11 is 0. The van der Waals surface area contributed by atoms with Gasteiger partial charge in [-0.1, -0.05) is 42.5 Å². The van der Waals surface area contributed by atoms with Crippen LogP contribution in [0.25, 0.3) is 0 Å². The molecule has 2 fully saturated rings. The van der Waals surface area contributed by atoms with E-state index in [1.54, 1.807) is 42.5 Å². The van der Waals surface area contributed by atoms with Crippen LogP contribution in [-0.4, -0.2) is 45.9 Å². The quantitative estimate of drug-likeness (QED) is 0.339. The van der Waals surface area contributed by atoms with Gasteiger partial charge in [-0.2, -0.15) is 0 Å². The van der Waals surface area contributed by atoms with Gasteiger partial charge in [0.05, 0.1) is 11.1 Å². The highest BCUT2D eigenvalue weighted by Gasteiger charge is 2.61. The minimum Gasteiger partial charge on any atom is -0.459 e. The number of nitrogens with zero attached hydrogens (tertiary/aromatic N) is 1. The summed E-state index contributed by atoms with van der Waals surface area (Å²) in [6.07, 6.45) is 0.963. The van der Waals surface area contributed by atoms with Crippen molar-refractivity contribution in [2.45, 2.75) is 44.4 Å². The summed E-state index contributed by atoms with van der Waals surface area (Å²) in [7, 11) is 0. The van der Waals surface area contributed by atoms with Crippen molar-refractivity contribution >= 4 is 35.5 Å². The van der Waals surface area contributed by atoms with Crippen molar-refractivity contribution in [2.75, 3.05) is 0 Å². The molecular weight excluding hydrogens is 466 g/mol. The SMILES string of the molecule is O=C1CC[C@](C(=O)OCc2ccccc2)(N2C(=O)c3cccc(CNC(=O)C4CC4)c3C2=O)C(=O)N1. The van der Waals surface area contributed by atoms with Gasteiger partial charge in [0.15, 0.2) is 0 Å². The van der Waals surface area contributed by atoms with Crippen molar-refractivity contribution in [3.63, 3.8) is 0 Å². The normalized spacial score (nSPS) is 21.2. The minimum absolute atomic E-state index is 0.0121. The molecule has 10 nitrogen and oxygen atoms in total. The second kappa shape index (κ2) is 9.03. The van der Waals surface area contributed by atoms with E-state index < -0.39 is 41.6 Å². The van der Waals surface area contributed by atoms with Gasteiger partial charge in [0.2, 0.25) is 17.4 Å². The monoisotopic (exact) mass is 489 g/mol. The number of fused-ring (bicyclic) bond motifs is 1. The van der Waals surface area contributed by atoms with Crippen molar-refractivity contribution in [2.24, 2.45) is 5.92 Å². The first-order valence-electron chi connectivity index (χ1n) is 11.7. The van der Waals surface area contributed by atoms with E-state index in [1.807, 2.05) is 0 Å². The Hall–Kier alpha value is -4.34. The third-order valence-electron chi connectivity index (χ3n) is 6.68. The van der Waals surface area contributed by atoms with Crippen molar-refractivity contribution in [1.82, 2.24) is 15.5 Å². The molecule has 2 aromatic carbocycles. The Morgan fingerprint density at radius 1 is 1.00 bits per heavy atom. The van der Waals surface area contributed by atoms with E-state index >= 15 is 0 Å². The Bertz CT molecular complexity index is 1300. The number of carbonyl (C=O) groups excluding carboxylic acids is 6. The first kappa shape index (κ1) is 23.4. The fourth-order valence-electron chi connectivity index (χ4n) is 4.56. The zero-order valence-corrected chi connectivity index (χ0v) is 19.2. The molecule has 3 aliphatic rings. The Morgan fingerprint density at radius 3 is 2.44 bits per heavy atom. The smallest absolute Gasteiger partial charge is 0.342 e.